The van der Waals surface area contributed by atoms with E-state index in [-0.39, 0.29) is 0 Å². The highest BCUT2D eigenvalue weighted by molar-refractivity contribution is 6.11. The fraction of sp³-hybridized carbons (Fsp3) is 0. The van der Waals surface area contributed by atoms with Gasteiger partial charge in [0.15, 0.2) is 17.5 Å². The summed E-state index contributed by atoms with van der Waals surface area (Å²) in [6.45, 7) is 0. The molecule has 9 aromatic rings. The molecule has 0 spiro atoms. The van der Waals surface area contributed by atoms with Crippen molar-refractivity contribution in [3.63, 3.8) is 0 Å². The predicted octanol–water partition coefficient (Wildman–Crippen LogP) is 11.3. The fourth-order valence-corrected chi connectivity index (χ4v) is 6.61. The summed E-state index contributed by atoms with van der Waals surface area (Å²) in [5, 5.41) is 2.44. The third-order valence-electron chi connectivity index (χ3n) is 9.06. The largest absolute Gasteiger partial charge is 0.309 e. The van der Waals surface area contributed by atoms with Crippen molar-refractivity contribution in [1.29, 1.82) is 0 Å². The summed E-state index contributed by atoms with van der Waals surface area (Å²) in [5.41, 5.74) is 11.0. The normalized spacial score (nSPS) is 11.3. The molecule has 0 atom stereocenters. The zero-order valence-corrected chi connectivity index (χ0v) is 26.6. The number of aromatic nitrogens is 4. The molecular formula is C45H30N4. The lowest BCUT2D eigenvalue weighted by Crippen LogP contribution is -2.00. The minimum atomic E-state index is 0.638. The number of benzene rings is 7. The van der Waals surface area contributed by atoms with Gasteiger partial charge >= 0.3 is 0 Å². The quantitative estimate of drug-likeness (QED) is 0.184. The van der Waals surface area contributed by atoms with Crippen molar-refractivity contribution in [3.05, 3.63) is 182 Å². The van der Waals surface area contributed by atoms with Gasteiger partial charge in [0.2, 0.25) is 0 Å². The lowest BCUT2D eigenvalue weighted by Gasteiger charge is -2.12. The second-order valence-corrected chi connectivity index (χ2v) is 12.1. The van der Waals surface area contributed by atoms with E-state index < -0.39 is 0 Å². The SMILES string of the molecule is c1ccc(-c2ccc3c4ccc(-c5ccccc5)cc4n(-c4ccc(-c5nc(-c6ccccc6)nc(-c6ccccc6)n5)cc4)c3c2)cc1. The van der Waals surface area contributed by atoms with Crippen molar-refractivity contribution in [3.8, 4) is 62.1 Å². The summed E-state index contributed by atoms with van der Waals surface area (Å²) < 4.78 is 2.38. The van der Waals surface area contributed by atoms with E-state index in [1.165, 1.54) is 33.0 Å². The van der Waals surface area contributed by atoms with Gasteiger partial charge in [-0.2, -0.15) is 0 Å². The molecule has 0 unspecified atom stereocenters. The van der Waals surface area contributed by atoms with Crippen LogP contribution in [0.15, 0.2) is 182 Å². The van der Waals surface area contributed by atoms with Gasteiger partial charge in [0, 0.05) is 33.2 Å². The van der Waals surface area contributed by atoms with Crippen LogP contribution in [0.2, 0.25) is 0 Å². The van der Waals surface area contributed by atoms with Crippen LogP contribution in [0.3, 0.4) is 0 Å². The molecule has 0 fully saturated rings. The minimum Gasteiger partial charge on any atom is -0.309 e. The van der Waals surface area contributed by atoms with Crippen molar-refractivity contribution in [2.75, 3.05) is 0 Å². The topological polar surface area (TPSA) is 43.6 Å². The third kappa shape index (κ3) is 5.35. The first-order valence-corrected chi connectivity index (χ1v) is 16.5. The molecule has 7 aromatic carbocycles. The second-order valence-electron chi connectivity index (χ2n) is 12.1. The molecule has 4 nitrogen and oxygen atoms in total. The zero-order chi connectivity index (χ0) is 32.6. The van der Waals surface area contributed by atoms with E-state index >= 15 is 0 Å². The number of hydrogen-bond donors (Lipinski definition) is 0. The predicted molar refractivity (Wildman–Crippen MR) is 201 cm³/mol. The Balaban J connectivity index is 1.21. The van der Waals surface area contributed by atoms with E-state index in [1.54, 1.807) is 0 Å². The highest BCUT2D eigenvalue weighted by atomic mass is 15.0. The molecular weight excluding hydrogens is 597 g/mol. The van der Waals surface area contributed by atoms with Gasteiger partial charge in [-0.15, -0.1) is 0 Å². The summed E-state index contributed by atoms with van der Waals surface area (Å²) in [6.07, 6.45) is 0. The highest BCUT2D eigenvalue weighted by Crippen LogP contribution is 2.37. The molecule has 0 saturated carbocycles. The molecule has 0 radical (unpaired) electrons. The Kier molecular flexibility index (Phi) is 7.10. The molecule has 0 aliphatic heterocycles. The molecule has 2 aromatic heterocycles. The van der Waals surface area contributed by atoms with Crippen LogP contribution in [0.1, 0.15) is 0 Å². The van der Waals surface area contributed by atoms with Crippen LogP contribution in [0.4, 0.5) is 0 Å². The maximum atomic E-state index is 4.95. The van der Waals surface area contributed by atoms with Crippen molar-refractivity contribution >= 4 is 21.8 Å². The molecule has 0 amide bonds. The van der Waals surface area contributed by atoms with E-state index in [4.69, 9.17) is 15.0 Å². The Morgan fingerprint density at radius 3 is 1.00 bits per heavy atom. The fourth-order valence-electron chi connectivity index (χ4n) is 6.61. The van der Waals surface area contributed by atoms with Gasteiger partial charge in [0.05, 0.1) is 11.0 Å². The van der Waals surface area contributed by atoms with Crippen molar-refractivity contribution in [1.82, 2.24) is 19.5 Å². The number of fused-ring (bicyclic) bond motifs is 3. The first kappa shape index (κ1) is 28.6. The standard InChI is InChI=1S/C45H30N4/c1-5-13-31(14-6-1)36-23-27-39-40-28-24-37(32-15-7-2-8-16-32)30-42(40)49(41(39)29-36)38-25-21-35(22-26-38)45-47-43(33-17-9-3-10-18-33)46-44(48-45)34-19-11-4-12-20-34/h1-30H. The molecule has 0 saturated heterocycles. The van der Waals surface area contributed by atoms with Gasteiger partial charge < -0.3 is 4.57 Å². The van der Waals surface area contributed by atoms with E-state index in [1.807, 2.05) is 60.7 Å². The molecule has 49 heavy (non-hydrogen) atoms. The first-order valence-electron chi connectivity index (χ1n) is 16.5. The van der Waals surface area contributed by atoms with Crippen molar-refractivity contribution in [2.24, 2.45) is 0 Å². The lowest BCUT2D eigenvalue weighted by molar-refractivity contribution is 1.07. The van der Waals surface area contributed by atoms with E-state index in [0.29, 0.717) is 17.5 Å². The molecule has 9 rings (SSSR count). The number of hydrogen-bond acceptors (Lipinski definition) is 3. The second kappa shape index (κ2) is 12.2. The zero-order valence-electron chi connectivity index (χ0n) is 26.6. The average molecular weight is 627 g/mol. The van der Waals surface area contributed by atoms with Crippen molar-refractivity contribution in [2.45, 2.75) is 0 Å². The minimum absolute atomic E-state index is 0.638. The summed E-state index contributed by atoms with van der Waals surface area (Å²) in [5.74, 6) is 1.94. The highest BCUT2D eigenvalue weighted by Gasteiger charge is 2.16. The molecule has 0 aliphatic rings. The summed E-state index contributed by atoms with van der Waals surface area (Å²) in [6, 6.07) is 63.5. The first-order chi connectivity index (χ1) is 24.3. The van der Waals surface area contributed by atoms with Crippen LogP contribution in [-0.2, 0) is 0 Å². The molecule has 230 valence electrons. The van der Waals surface area contributed by atoms with Gasteiger partial charge in [-0.1, -0.05) is 146 Å². The Bertz CT molecular complexity index is 2400. The Morgan fingerprint density at radius 2 is 0.612 bits per heavy atom. The van der Waals surface area contributed by atoms with E-state index in [9.17, 15) is 0 Å². The summed E-state index contributed by atoms with van der Waals surface area (Å²) in [4.78, 5) is 14.8. The van der Waals surface area contributed by atoms with Crippen LogP contribution in [0, 0.1) is 0 Å². The molecule has 0 aliphatic carbocycles. The van der Waals surface area contributed by atoms with Crippen LogP contribution in [0.25, 0.3) is 83.9 Å². The van der Waals surface area contributed by atoms with Gasteiger partial charge in [-0.25, -0.2) is 15.0 Å². The van der Waals surface area contributed by atoms with Gasteiger partial charge in [0.1, 0.15) is 0 Å². The summed E-state index contributed by atoms with van der Waals surface area (Å²) >= 11 is 0. The average Bonchev–Trinajstić information content (AvgIpc) is 3.52. The smallest absolute Gasteiger partial charge is 0.164 e. The molecule has 2 heterocycles. The molecule has 4 heteroatoms. The van der Waals surface area contributed by atoms with E-state index in [0.717, 1.165) is 33.4 Å². The Hall–Kier alpha value is -6.65. The number of rotatable bonds is 6. The van der Waals surface area contributed by atoms with Gasteiger partial charge in [-0.05, 0) is 58.7 Å². The van der Waals surface area contributed by atoms with E-state index in [2.05, 4.69) is 126 Å². The number of nitrogens with zero attached hydrogens (tertiary/aromatic N) is 4. The maximum absolute atomic E-state index is 4.95. The van der Waals surface area contributed by atoms with Crippen LogP contribution < -0.4 is 0 Å². The van der Waals surface area contributed by atoms with Crippen LogP contribution >= 0.6 is 0 Å². The van der Waals surface area contributed by atoms with Gasteiger partial charge in [0.25, 0.3) is 0 Å². The molecule has 0 bridgehead atoms. The third-order valence-corrected chi connectivity index (χ3v) is 9.06. The monoisotopic (exact) mass is 626 g/mol. The summed E-state index contributed by atoms with van der Waals surface area (Å²) in [7, 11) is 0. The Labute approximate surface area is 284 Å². The van der Waals surface area contributed by atoms with Crippen LogP contribution in [-0.4, -0.2) is 19.5 Å². The Morgan fingerprint density at radius 1 is 0.286 bits per heavy atom. The van der Waals surface area contributed by atoms with Gasteiger partial charge in [-0.3, -0.25) is 0 Å². The van der Waals surface area contributed by atoms with Crippen molar-refractivity contribution < 1.29 is 0 Å². The molecule has 0 N–H and O–H groups in total. The maximum Gasteiger partial charge on any atom is 0.164 e. The lowest BCUT2D eigenvalue weighted by atomic mass is 10.0. The van der Waals surface area contributed by atoms with Crippen LogP contribution in [0.5, 0.6) is 0 Å².